The van der Waals surface area contributed by atoms with Gasteiger partial charge >= 0.3 is 5.97 Å². The fraction of sp³-hybridized carbons (Fsp3) is 0.938. The maximum atomic E-state index is 11.4. The minimum Gasteiger partial charge on any atom is -0.480 e. The average molecular weight is 271 g/mol. The standard InChI is InChI=1S/C16H33NO2/c1-5-7-9-10-11-13-14(12-8-6-2)15(16(18)19)17(3)4/h14-15H,5-13H2,1-4H3,(H,18,19). The van der Waals surface area contributed by atoms with Gasteiger partial charge in [0.15, 0.2) is 0 Å². The van der Waals surface area contributed by atoms with E-state index in [4.69, 9.17) is 0 Å². The third kappa shape index (κ3) is 8.25. The first-order valence-electron chi connectivity index (χ1n) is 7.93. The Labute approximate surface area is 119 Å². The lowest BCUT2D eigenvalue weighted by atomic mass is 9.88. The van der Waals surface area contributed by atoms with Crippen molar-refractivity contribution in [1.29, 1.82) is 0 Å². The lowest BCUT2D eigenvalue weighted by Crippen LogP contribution is -2.42. The van der Waals surface area contributed by atoms with E-state index < -0.39 is 5.97 Å². The second-order valence-corrected chi connectivity index (χ2v) is 5.85. The van der Waals surface area contributed by atoms with Gasteiger partial charge in [0.25, 0.3) is 0 Å². The summed E-state index contributed by atoms with van der Waals surface area (Å²) >= 11 is 0. The summed E-state index contributed by atoms with van der Waals surface area (Å²) in [6.07, 6.45) is 10.6. The smallest absolute Gasteiger partial charge is 0.321 e. The topological polar surface area (TPSA) is 40.5 Å². The molecule has 3 heteroatoms. The van der Waals surface area contributed by atoms with Crippen LogP contribution in [0.3, 0.4) is 0 Å². The number of hydrogen-bond acceptors (Lipinski definition) is 2. The Hall–Kier alpha value is -0.570. The Morgan fingerprint density at radius 2 is 1.47 bits per heavy atom. The molecule has 3 nitrogen and oxygen atoms in total. The Morgan fingerprint density at radius 3 is 1.95 bits per heavy atom. The van der Waals surface area contributed by atoms with Crippen molar-refractivity contribution in [2.24, 2.45) is 5.92 Å². The molecule has 0 saturated carbocycles. The molecule has 1 N–H and O–H groups in total. The molecule has 19 heavy (non-hydrogen) atoms. The summed E-state index contributed by atoms with van der Waals surface area (Å²) in [5, 5.41) is 9.41. The van der Waals surface area contributed by atoms with Crippen molar-refractivity contribution in [3.05, 3.63) is 0 Å². The van der Waals surface area contributed by atoms with Gasteiger partial charge in [-0.3, -0.25) is 9.69 Å². The minimum atomic E-state index is -0.667. The first-order valence-corrected chi connectivity index (χ1v) is 7.93. The van der Waals surface area contributed by atoms with Crippen LogP contribution in [0.4, 0.5) is 0 Å². The number of rotatable bonds is 12. The lowest BCUT2D eigenvalue weighted by molar-refractivity contribution is -0.144. The van der Waals surface area contributed by atoms with Gasteiger partial charge < -0.3 is 5.11 Å². The van der Waals surface area contributed by atoms with Gasteiger partial charge in [0.2, 0.25) is 0 Å². The number of aliphatic carboxylic acids is 1. The average Bonchev–Trinajstić information content (AvgIpc) is 2.34. The van der Waals surface area contributed by atoms with E-state index in [1.54, 1.807) is 0 Å². The maximum absolute atomic E-state index is 11.4. The Bertz CT molecular complexity index is 229. The molecule has 0 radical (unpaired) electrons. The zero-order chi connectivity index (χ0) is 14.7. The van der Waals surface area contributed by atoms with Crippen LogP contribution in [-0.4, -0.2) is 36.1 Å². The number of unbranched alkanes of at least 4 members (excludes halogenated alkanes) is 5. The zero-order valence-corrected chi connectivity index (χ0v) is 13.3. The van der Waals surface area contributed by atoms with Crippen molar-refractivity contribution in [3.63, 3.8) is 0 Å². The molecule has 0 aromatic rings. The molecule has 0 aromatic carbocycles. The van der Waals surface area contributed by atoms with Gasteiger partial charge in [0.1, 0.15) is 6.04 Å². The predicted octanol–water partition coefficient (Wildman–Crippen LogP) is 4.17. The Balaban J connectivity index is 4.30. The lowest BCUT2D eigenvalue weighted by Gasteiger charge is -2.29. The molecule has 0 aliphatic carbocycles. The van der Waals surface area contributed by atoms with Crippen LogP contribution in [0.2, 0.25) is 0 Å². The molecule has 2 unspecified atom stereocenters. The minimum absolute atomic E-state index is 0.300. The molecule has 0 aliphatic rings. The normalized spacial score (nSPS) is 14.6. The summed E-state index contributed by atoms with van der Waals surface area (Å²) < 4.78 is 0. The first-order chi connectivity index (χ1) is 9.04. The van der Waals surface area contributed by atoms with Crippen LogP contribution in [0.15, 0.2) is 0 Å². The zero-order valence-electron chi connectivity index (χ0n) is 13.3. The number of carboxylic acid groups (broad SMARTS) is 1. The molecule has 0 rings (SSSR count). The van der Waals surface area contributed by atoms with Crippen molar-refractivity contribution in [2.45, 2.75) is 77.7 Å². The van der Waals surface area contributed by atoms with E-state index in [-0.39, 0.29) is 6.04 Å². The van der Waals surface area contributed by atoms with Gasteiger partial charge in [-0.15, -0.1) is 0 Å². The van der Waals surface area contributed by atoms with Crippen LogP contribution in [0.1, 0.15) is 71.6 Å². The van der Waals surface area contributed by atoms with Crippen LogP contribution in [0.25, 0.3) is 0 Å². The summed E-state index contributed by atoms with van der Waals surface area (Å²) in [5.41, 5.74) is 0. The summed E-state index contributed by atoms with van der Waals surface area (Å²) in [6.45, 7) is 4.39. The summed E-state index contributed by atoms with van der Waals surface area (Å²) in [6, 6.07) is -0.322. The van der Waals surface area contributed by atoms with Crippen LogP contribution >= 0.6 is 0 Å². The fourth-order valence-corrected chi connectivity index (χ4v) is 2.78. The molecular weight excluding hydrogens is 238 g/mol. The molecule has 0 heterocycles. The van der Waals surface area contributed by atoms with Gasteiger partial charge in [-0.1, -0.05) is 58.8 Å². The van der Waals surface area contributed by atoms with E-state index in [0.717, 1.165) is 25.7 Å². The molecule has 0 spiro atoms. The number of carbonyl (C=O) groups is 1. The second kappa shape index (κ2) is 11.3. The van der Waals surface area contributed by atoms with Crippen molar-refractivity contribution >= 4 is 5.97 Å². The highest BCUT2D eigenvalue weighted by Crippen LogP contribution is 2.23. The van der Waals surface area contributed by atoms with Crippen molar-refractivity contribution in [2.75, 3.05) is 14.1 Å². The van der Waals surface area contributed by atoms with Gasteiger partial charge in [0.05, 0.1) is 0 Å². The molecule has 0 aliphatic heterocycles. The predicted molar refractivity (Wildman–Crippen MR) is 81.5 cm³/mol. The molecule has 0 saturated heterocycles. The number of carboxylic acids is 1. The molecule has 0 bridgehead atoms. The van der Waals surface area contributed by atoms with Crippen LogP contribution in [0.5, 0.6) is 0 Å². The Morgan fingerprint density at radius 1 is 0.947 bits per heavy atom. The quantitative estimate of drug-likeness (QED) is 0.542. The van der Waals surface area contributed by atoms with E-state index in [9.17, 15) is 9.90 Å². The number of likely N-dealkylation sites (N-methyl/N-ethyl adjacent to an activating group) is 1. The maximum Gasteiger partial charge on any atom is 0.321 e. The summed E-state index contributed by atoms with van der Waals surface area (Å²) in [5.74, 6) is -0.367. The van der Waals surface area contributed by atoms with Crippen LogP contribution in [-0.2, 0) is 4.79 Å². The molecule has 0 aromatic heterocycles. The van der Waals surface area contributed by atoms with Crippen molar-refractivity contribution in [3.8, 4) is 0 Å². The van der Waals surface area contributed by atoms with Gasteiger partial charge in [0, 0.05) is 0 Å². The molecule has 0 fully saturated rings. The van der Waals surface area contributed by atoms with Gasteiger partial charge in [-0.25, -0.2) is 0 Å². The van der Waals surface area contributed by atoms with Crippen molar-refractivity contribution < 1.29 is 9.90 Å². The van der Waals surface area contributed by atoms with Gasteiger partial charge in [-0.2, -0.15) is 0 Å². The third-order valence-electron chi connectivity index (χ3n) is 3.86. The number of nitrogens with zero attached hydrogens (tertiary/aromatic N) is 1. The van der Waals surface area contributed by atoms with Crippen LogP contribution in [0, 0.1) is 5.92 Å². The van der Waals surface area contributed by atoms with Crippen molar-refractivity contribution in [1.82, 2.24) is 4.90 Å². The second-order valence-electron chi connectivity index (χ2n) is 5.85. The molecular formula is C16H33NO2. The summed E-state index contributed by atoms with van der Waals surface area (Å²) in [4.78, 5) is 13.3. The Kier molecular flexibility index (Phi) is 10.9. The fourth-order valence-electron chi connectivity index (χ4n) is 2.78. The molecule has 0 amide bonds. The largest absolute Gasteiger partial charge is 0.480 e. The monoisotopic (exact) mass is 271 g/mol. The third-order valence-corrected chi connectivity index (χ3v) is 3.86. The highest BCUT2D eigenvalue weighted by molar-refractivity contribution is 5.73. The first kappa shape index (κ1) is 18.4. The highest BCUT2D eigenvalue weighted by Gasteiger charge is 2.29. The van der Waals surface area contributed by atoms with E-state index in [0.29, 0.717) is 5.92 Å². The number of hydrogen-bond donors (Lipinski definition) is 1. The highest BCUT2D eigenvalue weighted by atomic mass is 16.4. The van der Waals surface area contributed by atoms with Crippen LogP contribution < -0.4 is 0 Å². The molecule has 114 valence electrons. The van der Waals surface area contributed by atoms with E-state index in [1.165, 1.54) is 32.1 Å². The van der Waals surface area contributed by atoms with E-state index in [2.05, 4.69) is 13.8 Å². The van der Waals surface area contributed by atoms with E-state index in [1.807, 2.05) is 19.0 Å². The SMILES string of the molecule is CCCCCCCC(CCCC)C(C(=O)O)N(C)C. The van der Waals surface area contributed by atoms with Gasteiger partial charge in [-0.05, 0) is 32.9 Å². The summed E-state index contributed by atoms with van der Waals surface area (Å²) in [7, 11) is 3.77. The van der Waals surface area contributed by atoms with E-state index >= 15 is 0 Å². The molecule has 2 atom stereocenters.